The van der Waals surface area contributed by atoms with Crippen LogP contribution in [0.3, 0.4) is 0 Å². The maximum Gasteiger partial charge on any atom is 0.251 e. The molecular weight excluding hydrogens is 212 g/mol. The van der Waals surface area contributed by atoms with Crippen LogP contribution in [0.4, 0.5) is 8.78 Å². The number of alkyl halides is 2. The highest BCUT2D eigenvalue weighted by Crippen LogP contribution is 2.16. The number of aliphatic hydroxyl groups excluding tert-OH is 1. The van der Waals surface area contributed by atoms with Crippen molar-refractivity contribution in [3.8, 4) is 0 Å². The molecule has 16 heavy (non-hydrogen) atoms. The van der Waals surface area contributed by atoms with E-state index >= 15 is 0 Å². The lowest BCUT2D eigenvalue weighted by atomic mass is 10.1. The van der Waals surface area contributed by atoms with Crippen LogP contribution >= 0.6 is 0 Å². The van der Waals surface area contributed by atoms with Gasteiger partial charge in [0.15, 0.2) is 0 Å². The summed E-state index contributed by atoms with van der Waals surface area (Å²) in [5, 5.41) is 9.79. The molecule has 0 saturated heterocycles. The van der Waals surface area contributed by atoms with Gasteiger partial charge in [-0.3, -0.25) is 0 Å². The van der Waals surface area contributed by atoms with E-state index in [4.69, 9.17) is 0 Å². The third-order valence-electron chi connectivity index (χ3n) is 2.42. The molecule has 0 aliphatic heterocycles. The van der Waals surface area contributed by atoms with Crippen molar-refractivity contribution < 1.29 is 13.9 Å². The highest BCUT2D eigenvalue weighted by molar-refractivity contribution is 5.17. The van der Waals surface area contributed by atoms with E-state index in [1.165, 1.54) is 4.90 Å². The van der Waals surface area contributed by atoms with Gasteiger partial charge in [0.1, 0.15) is 0 Å². The monoisotopic (exact) mass is 229 g/mol. The van der Waals surface area contributed by atoms with E-state index in [2.05, 4.69) is 0 Å². The van der Waals surface area contributed by atoms with Gasteiger partial charge >= 0.3 is 0 Å². The smallest absolute Gasteiger partial charge is 0.251 e. The largest absolute Gasteiger partial charge is 0.388 e. The second-order valence-corrected chi connectivity index (χ2v) is 3.87. The molecule has 1 aromatic carbocycles. The number of halogens is 2. The zero-order valence-corrected chi connectivity index (χ0v) is 9.31. The van der Waals surface area contributed by atoms with E-state index in [0.29, 0.717) is 13.0 Å². The molecule has 0 aliphatic carbocycles. The molecule has 1 atom stereocenters. The normalized spacial score (nSPS) is 13.4. The molecule has 0 aliphatic rings. The van der Waals surface area contributed by atoms with E-state index < -0.39 is 12.5 Å². The van der Waals surface area contributed by atoms with Gasteiger partial charge in [0.2, 0.25) is 0 Å². The van der Waals surface area contributed by atoms with Crippen LogP contribution in [0, 0.1) is 0 Å². The second-order valence-electron chi connectivity index (χ2n) is 3.87. The fraction of sp³-hybridized carbons (Fsp3) is 0.500. The molecule has 1 unspecified atom stereocenters. The first-order valence-electron chi connectivity index (χ1n) is 5.29. The highest BCUT2D eigenvalue weighted by atomic mass is 19.3. The van der Waals surface area contributed by atoms with Crippen molar-refractivity contribution in [2.24, 2.45) is 0 Å². The Bertz CT molecular complexity index is 292. The van der Waals surface area contributed by atoms with Gasteiger partial charge in [0.25, 0.3) is 6.43 Å². The number of benzene rings is 1. The van der Waals surface area contributed by atoms with Crippen LogP contribution in [0.15, 0.2) is 30.3 Å². The minimum absolute atomic E-state index is 0.249. The molecule has 0 spiro atoms. The molecule has 0 fully saturated rings. The van der Waals surface area contributed by atoms with Crippen LogP contribution in [0.5, 0.6) is 0 Å². The average Bonchev–Trinajstić information content (AvgIpc) is 2.26. The zero-order chi connectivity index (χ0) is 12.0. The van der Waals surface area contributed by atoms with Gasteiger partial charge in [-0.05, 0) is 19.0 Å². The van der Waals surface area contributed by atoms with Gasteiger partial charge in [-0.15, -0.1) is 0 Å². The number of nitrogens with zero attached hydrogens (tertiary/aromatic N) is 1. The highest BCUT2D eigenvalue weighted by Gasteiger charge is 2.11. The van der Waals surface area contributed by atoms with Gasteiger partial charge < -0.3 is 10.0 Å². The summed E-state index contributed by atoms with van der Waals surface area (Å²) in [4.78, 5) is 1.52. The Kier molecular flexibility index (Phi) is 5.35. The van der Waals surface area contributed by atoms with Crippen molar-refractivity contribution in [1.82, 2.24) is 4.90 Å². The summed E-state index contributed by atoms with van der Waals surface area (Å²) in [5.41, 5.74) is 0.827. The molecule has 0 saturated carbocycles. The van der Waals surface area contributed by atoms with Crippen molar-refractivity contribution in [3.63, 3.8) is 0 Å². The molecule has 2 nitrogen and oxygen atoms in total. The third kappa shape index (κ3) is 4.68. The molecule has 0 bridgehead atoms. The van der Waals surface area contributed by atoms with Crippen molar-refractivity contribution in [1.29, 1.82) is 0 Å². The first-order chi connectivity index (χ1) is 7.59. The Morgan fingerprint density at radius 2 is 1.88 bits per heavy atom. The molecule has 4 heteroatoms. The van der Waals surface area contributed by atoms with E-state index in [0.717, 1.165) is 5.56 Å². The molecule has 0 aromatic heterocycles. The summed E-state index contributed by atoms with van der Waals surface area (Å²) < 4.78 is 24.1. The molecule has 1 rings (SSSR count). The van der Waals surface area contributed by atoms with Crippen LogP contribution in [-0.4, -0.2) is 36.6 Å². The van der Waals surface area contributed by atoms with E-state index in [-0.39, 0.29) is 6.54 Å². The number of hydrogen-bond donors (Lipinski definition) is 1. The Labute approximate surface area is 94.5 Å². The van der Waals surface area contributed by atoms with E-state index in [9.17, 15) is 13.9 Å². The zero-order valence-electron chi connectivity index (χ0n) is 9.31. The topological polar surface area (TPSA) is 23.5 Å². The maximum absolute atomic E-state index is 12.0. The predicted octanol–water partition coefficient (Wildman–Crippen LogP) is 2.31. The Hall–Kier alpha value is -1.00. The summed E-state index contributed by atoms with van der Waals surface area (Å²) in [6.07, 6.45) is -2.44. The summed E-state index contributed by atoms with van der Waals surface area (Å²) in [7, 11) is 1.63. The molecule has 1 aromatic rings. The third-order valence-corrected chi connectivity index (χ3v) is 2.42. The quantitative estimate of drug-likeness (QED) is 0.809. The van der Waals surface area contributed by atoms with Gasteiger partial charge in [0, 0.05) is 6.54 Å². The lowest BCUT2D eigenvalue weighted by Gasteiger charge is -2.18. The maximum atomic E-state index is 12.0. The number of aliphatic hydroxyl groups is 1. The fourth-order valence-electron chi connectivity index (χ4n) is 1.51. The number of rotatable bonds is 6. The SMILES string of the molecule is CN(CCC(O)c1ccccc1)CC(F)F. The van der Waals surface area contributed by atoms with E-state index in [1.54, 1.807) is 7.05 Å². The average molecular weight is 229 g/mol. The summed E-state index contributed by atoms with van der Waals surface area (Å²) >= 11 is 0. The lowest BCUT2D eigenvalue weighted by molar-refractivity contribution is 0.0874. The van der Waals surface area contributed by atoms with E-state index in [1.807, 2.05) is 30.3 Å². The summed E-state index contributed by atoms with van der Waals surface area (Å²) in [6, 6.07) is 9.23. The summed E-state index contributed by atoms with van der Waals surface area (Å²) in [6.45, 7) is 0.210. The molecule has 0 heterocycles. The first kappa shape index (κ1) is 13.1. The molecule has 0 amide bonds. The molecule has 1 N–H and O–H groups in total. The standard InChI is InChI=1S/C12H17F2NO/c1-15(9-12(13)14)8-7-11(16)10-5-3-2-4-6-10/h2-6,11-12,16H,7-9H2,1H3. The van der Waals surface area contributed by atoms with Gasteiger partial charge in [-0.1, -0.05) is 30.3 Å². The van der Waals surface area contributed by atoms with Gasteiger partial charge in [0.05, 0.1) is 12.6 Å². The first-order valence-corrected chi connectivity index (χ1v) is 5.29. The van der Waals surface area contributed by atoms with Crippen LogP contribution in [0.2, 0.25) is 0 Å². The number of hydrogen-bond acceptors (Lipinski definition) is 2. The molecule has 90 valence electrons. The van der Waals surface area contributed by atoms with Crippen LogP contribution in [0.1, 0.15) is 18.1 Å². The lowest BCUT2D eigenvalue weighted by Crippen LogP contribution is -2.26. The Morgan fingerprint density at radius 3 is 2.44 bits per heavy atom. The van der Waals surface area contributed by atoms with Gasteiger partial charge in [-0.2, -0.15) is 0 Å². The molecule has 0 radical (unpaired) electrons. The Balaban J connectivity index is 2.33. The van der Waals surface area contributed by atoms with Crippen molar-refractivity contribution in [2.45, 2.75) is 19.0 Å². The minimum Gasteiger partial charge on any atom is -0.388 e. The molecular formula is C12H17F2NO. The summed E-state index contributed by atoms with van der Waals surface area (Å²) in [5.74, 6) is 0. The Morgan fingerprint density at radius 1 is 1.25 bits per heavy atom. The van der Waals surface area contributed by atoms with Crippen LogP contribution in [0.25, 0.3) is 0 Å². The van der Waals surface area contributed by atoms with Crippen LogP contribution in [-0.2, 0) is 0 Å². The van der Waals surface area contributed by atoms with Crippen molar-refractivity contribution >= 4 is 0 Å². The fourth-order valence-corrected chi connectivity index (χ4v) is 1.51. The van der Waals surface area contributed by atoms with Crippen molar-refractivity contribution in [3.05, 3.63) is 35.9 Å². The van der Waals surface area contributed by atoms with Crippen molar-refractivity contribution in [2.75, 3.05) is 20.1 Å². The van der Waals surface area contributed by atoms with Crippen LogP contribution < -0.4 is 0 Å². The minimum atomic E-state index is -2.32. The second kappa shape index (κ2) is 6.55. The predicted molar refractivity (Wildman–Crippen MR) is 59.5 cm³/mol. The van der Waals surface area contributed by atoms with Gasteiger partial charge in [-0.25, -0.2) is 8.78 Å².